The van der Waals surface area contributed by atoms with Crippen molar-refractivity contribution in [2.24, 2.45) is 0 Å². The molecule has 0 bridgehead atoms. The quantitative estimate of drug-likeness (QED) is 0.643. The van der Waals surface area contributed by atoms with Crippen LogP contribution in [0.2, 0.25) is 0 Å². The van der Waals surface area contributed by atoms with Gasteiger partial charge in [-0.25, -0.2) is 4.98 Å². The third-order valence-electron chi connectivity index (χ3n) is 5.43. The number of carbonyl (C=O) groups excluding carboxylic acids is 1. The second-order valence-electron chi connectivity index (χ2n) is 7.38. The molecule has 5 heteroatoms. The lowest BCUT2D eigenvalue weighted by atomic mass is 9.95. The lowest BCUT2D eigenvalue weighted by Gasteiger charge is -2.36. The summed E-state index contributed by atoms with van der Waals surface area (Å²) in [4.78, 5) is 24.3. The smallest absolute Gasteiger partial charge is 0.254 e. The van der Waals surface area contributed by atoms with E-state index >= 15 is 0 Å². The summed E-state index contributed by atoms with van der Waals surface area (Å²) in [6.07, 6.45) is 6.74. The highest BCUT2D eigenvalue weighted by Gasteiger charge is 2.29. The predicted molar refractivity (Wildman–Crippen MR) is 113 cm³/mol. The molecule has 3 aromatic rings. The van der Waals surface area contributed by atoms with Crippen LogP contribution >= 0.6 is 0 Å². The van der Waals surface area contributed by atoms with Crippen LogP contribution in [0.4, 0.5) is 0 Å². The Balaban J connectivity index is 1.67. The third kappa shape index (κ3) is 3.99. The maximum Gasteiger partial charge on any atom is 0.254 e. The van der Waals surface area contributed by atoms with E-state index in [-0.39, 0.29) is 11.9 Å². The zero-order valence-electron chi connectivity index (χ0n) is 16.8. The van der Waals surface area contributed by atoms with E-state index in [4.69, 9.17) is 4.74 Å². The molecule has 2 aromatic heterocycles. The van der Waals surface area contributed by atoms with Gasteiger partial charge in [0.15, 0.2) is 0 Å². The summed E-state index contributed by atoms with van der Waals surface area (Å²) in [6, 6.07) is 15.6. The highest BCUT2D eigenvalue weighted by molar-refractivity contribution is 5.96. The number of hydrogen-bond acceptors (Lipinski definition) is 4. The fraction of sp³-hybridized carbons (Fsp3) is 0.292. The van der Waals surface area contributed by atoms with Gasteiger partial charge in [0.05, 0.1) is 13.2 Å². The summed E-state index contributed by atoms with van der Waals surface area (Å²) in [5, 5.41) is 0. The van der Waals surface area contributed by atoms with Crippen molar-refractivity contribution < 1.29 is 9.53 Å². The number of aromatic nitrogens is 2. The normalized spacial score (nSPS) is 16.5. The molecule has 0 spiro atoms. The first-order valence-corrected chi connectivity index (χ1v) is 10.0. The van der Waals surface area contributed by atoms with Crippen molar-refractivity contribution in [3.8, 4) is 17.0 Å². The van der Waals surface area contributed by atoms with Crippen LogP contribution in [0.5, 0.6) is 5.75 Å². The van der Waals surface area contributed by atoms with Gasteiger partial charge in [0.25, 0.3) is 5.91 Å². The molecule has 3 heterocycles. The van der Waals surface area contributed by atoms with E-state index in [0.717, 1.165) is 48.3 Å². The van der Waals surface area contributed by atoms with Crippen molar-refractivity contribution in [3.63, 3.8) is 0 Å². The van der Waals surface area contributed by atoms with Crippen LogP contribution in [0.3, 0.4) is 0 Å². The Morgan fingerprint density at radius 3 is 2.83 bits per heavy atom. The molecule has 1 amide bonds. The molecule has 1 aliphatic heterocycles. The average molecular weight is 387 g/mol. The zero-order chi connectivity index (χ0) is 20.2. The molecule has 1 atom stereocenters. The number of piperidine rings is 1. The molecule has 0 unspecified atom stereocenters. The standard InChI is InChI=1S/C24H25N3O2/c1-17-11-12-22(29-2)23(26-17)18-7-5-8-19(15-18)24(28)27-14-4-3-10-21(27)20-9-6-13-25-16-20/h5-9,11-13,15-16,21H,3-4,10,14H2,1-2H3/t21-/m0/s1. The summed E-state index contributed by atoms with van der Waals surface area (Å²) in [5.41, 5.74) is 4.31. The molecule has 5 nitrogen and oxygen atoms in total. The molecule has 29 heavy (non-hydrogen) atoms. The van der Waals surface area contributed by atoms with E-state index in [0.29, 0.717) is 11.3 Å². The third-order valence-corrected chi connectivity index (χ3v) is 5.43. The van der Waals surface area contributed by atoms with Crippen molar-refractivity contribution in [2.45, 2.75) is 32.2 Å². The predicted octanol–water partition coefficient (Wildman–Crippen LogP) is 4.83. The number of hydrogen-bond donors (Lipinski definition) is 0. The Kier molecular flexibility index (Phi) is 5.56. The van der Waals surface area contributed by atoms with E-state index in [2.05, 4.69) is 16.0 Å². The van der Waals surface area contributed by atoms with E-state index in [1.165, 1.54) is 0 Å². The molecule has 1 aliphatic rings. The molecule has 1 aromatic carbocycles. The van der Waals surface area contributed by atoms with Gasteiger partial charge in [-0.15, -0.1) is 0 Å². The number of methoxy groups -OCH3 is 1. The summed E-state index contributed by atoms with van der Waals surface area (Å²) >= 11 is 0. The number of carbonyl (C=O) groups is 1. The Hall–Kier alpha value is -3.21. The largest absolute Gasteiger partial charge is 0.494 e. The number of ether oxygens (including phenoxy) is 1. The summed E-state index contributed by atoms with van der Waals surface area (Å²) in [5.74, 6) is 0.749. The topological polar surface area (TPSA) is 55.3 Å². The molecule has 0 radical (unpaired) electrons. The number of benzene rings is 1. The number of likely N-dealkylation sites (tertiary alicyclic amines) is 1. The number of rotatable bonds is 4. The molecule has 148 valence electrons. The number of pyridine rings is 2. The molecule has 0 saturated carbocycles. The van der Waals surface area contributed by atoms with Gasteiger partial charge in [-0.2, -0.15) is 0 Å². The molecule has 1 saturated heterocycles. The minimum atomic E-state index is 0.0482. The molecule has 0 aliphatic carbocycles. The molecular formula is C24H25N3O2. The lowest BCUT2D eigenvalue weighted by Crippen LogP contribution is -2.38. The van der Waals surface area contributed by atoms with E-state index in [9.17, 15) is 4.79 Å². The first-order chi connectivity index (χ1) is 14.2. The van der Waals surface area contributed by atoms with Crippen molar-refractivity contribution in [1.29, 1.82) is 0 Å². The lowest BCUT2D eigenvalue weighted by molar-refractivity contribution is 0.0611. The van der Waals surface area contributed by atoms with Gasteiger partial charge < -0.3 is 9.64 Å². The Labute approximate surface area is 171 Å². The minimum Gasteiger partial charge on any atom is -0.494 e. The van der Waals surface area contributed by atoms with E-state index < -0.39 is 0 Å². The molecule has 1 fully saturated rings. The summed E-state index contributed by atoms with van der Waals surface area (Å²) in [6.45, 7) is 2.71. The maximum atomic E-state index is 13.4. The van der Waals surface area contributed by atoms with Crippen LogP contribution in [-0.4, -0.2) is 34.4 Å². The van der Waals surface area contributed by atoms with Gasteiger partial charge in [-0.3, -0.25) is 9.78 Å². The maximum absolute atomic E-state index is 13.4. The first kappa shape index (κ1) is 19.1. The molecular weight excluding hydrogens is 362 g/mol. The van der Waals surface area contributed by atoms with E-state index in [1.54, 1.807) is 13.3 Å². The highest BCUT2D eigenvalue weighted by Crippen LogP contribution is 2.33. The van der Waals surface area contributed by atoms with Crippen LogP contribution < -0.4 is 4.74 Å². The monoisotopic (exact) mass is 387 g/mol. The molecule has 4 rings (SSSR count). The van der Waals surface area contributed by atoms with E-state index in [1.807, 2.05) is 60.5 Å². The number of amides is 1. The van der Waals surface area contributed by atoms with Crippen LogP contribution in [0.15, 0.2) is 60.9 Å². The van der Waals surface area contributed by atoms with Gasteiger partial charge in [0.1, 0.15) is 11.4 Å². The second kappa shape index (κ2) is 8.43. The van der Waals surface area contributed by atoms with Crippen LogP contribution in [0, 0.1) is 6.92 Å². The van der Waals surface area contributed by atoms with Gasteiger partial charge in [-0.05, 0) is 62.1 Å². The Morgan fingerprint density at radius 2 is 2.03 bits per heavy atom. The first-order valence-electron chi connectivity index (χ1n) is 10.0. The van der Waals surface area contributed by atoms with Crippen LogP contribution in [0.1, 0.15) is 46.9 Å². The fourth-order valence-electron chi connectivity index (χ4n) is 3.98. The fourth-order valence-corrected chi connectivity index (χ4v) is 3.98. The van der Waals surface area contributed by atoms with Crippen molar-refractivity contribution in [3.05, 3.63) is 77.7 Å². The van der Waals surface area contributed by atoms with Crippen LogP contribution in [-0.2, 0) is 0 Å². The van der Waals surface area contributed by atoms with Gasteiger partial charge in [0, 0.05) is 35.8 Å². The summed E-state index contributed by atoms with van der Waals surface area (Å²) in [7, 11) is 1.64. The van der Waals surface area contributed by atoms with Crippen molar-refractivity contribution in [2.75, 3.05) is 13.7 Å². The zero-order valence-corrected chi connectivity index (χ0v) is 16.8. The number of aryl methyl sites for hydroxylation is 1. The van der Waals surface area contributed by atoms with Crippen molar-refractivity contribution in [1.82, 2.24) is 14.9 Å². The van der Waals surface area contributed by atoms with Gasteiger partial charge >= 0.3 is 0 Å². The Bertz CT molecular complexity index is 1000. The average Bonchev–Trinajstić information content (AvgIpc) is 2.79. The SMILES string of the molecule is COc1ccc(C)nc1-c1cccc(C(=O)N2CCCC[C@H]2c2cccnc2)c1. The van der Waals surface area contributed by atoms with Crippen LogP contribution in [0.25, 0.3) is 11.3 Å². The van der Waals surface area contributed by atoms with Gasteiger partial charge in [-0.1, -0.05) is 18.2 Å². The Morgan fingerprint density at radius 1 is 1.14 bits per heavy atom. The minimum absolute atomic E-state index is 0.0482. The second-order valence-corrected chi connectivity index (χ2v) is 7.38. The van der Waals surface area contributed by atoms with Crippen molar-refractivity contribution >= 4 is 5.91 Å². The molecule has 0 N–H and O–H groups in total. The summed E-state index contributed by atoms with van der Waals surface area (Å²) < 4.78 is 5.48. The number of nitrogens with zero attached hydrogens (tertiary/aromatic N) is 3. The highest BCUT2D eigenvalue weighted by atomic mass is 16.5. The van der Waals surface area contributed by atoms with Gasteiger partial charge in [0.2, 0.25) is 0 Å².